The number of allylic oxidation sites excluding steroid dienone is 1. The number of anilines is 4. The van der Waals surface area contributed by atoms with Crippen molar-refractivity contribution in [3.8, 4) is 17.0 Å². The number of hydrogen-bond donors (Lipinski definition) is 2. The molecule has 4 aromatic rings. The number of nitrogens with one attached hydrogen (secondary N) is 2. The van der Waals surface area contributed by atoms with E-state index in [9.17, 15) is 4.79 Å². The van der Waals surface area contributed by atoms with E-state index in [-0.39, 0.29) is 5.91 Å². The summed E-state index contributed by atoms with van der Waals surface area (Å²) in [7, 11) is 9.83. The van der Waals surface area contributed by atoms with Gasteiger partial charge in [0.05, 0.1) is 35.6 Å². The Morgan fingerprint density at radius 2 is 1.91 bits per heavy atom. The van der Waals surface area contributed by atoms with Gasteiger partial charge in [0.25, 0.3) is 0 Å². The number of methoxy groups -OCH3 is 1. The monoisotopic (exact) mass is 599 g/mol. The lowest BCUT2D eigenvalue weighted by atomic mass is 10.0. The topological polar surface area (TPSA) is 87.5 Å². The van der Waals surface area contributed by atoms with E-state index >= 15 is 0 Å². The molecule has 0 radical (unpaired) electrons. The van der Waals surface area contributed by atoms with Gasteiger partial charge in [-0.2, -0.15) is 11.8 Å². The molecule has 0 fully saturated rings. The van der Waals surface area contributed by atoms with E-state index in [0.717, 1.165) is 64.7 Å². The molecule has 0 aliphatic carbocycles. The van der Waals surface area contributed by atoms with E-state index in [1.165, 1.54) is 10.9 Å². The summed E-state index contributed by atoms with van der Waals surface area (Å²) in [5, 5.41) is 7.71. The summed E-state index contributed by atoms with van der Waals surface area (Å²) in [5.41, 5.74) is 8.61. The fourth-order valence-electron chi connectivity index (χ4n) is 5.31. The molecule has 43 heavy (non-hydrogen) atoms. The molecular weight excluding hydrogens is 558 g/mol. The molecule has 0 atom stereocenters. The Morgan fingerprint density at radius 1 is 1.12 bits per heavy atom. The maximum Gasteiger partial charge on any atom is 0.248 e. The van der Waals surface area contributed by atoms with Crippen molar-refractivity contribution in [3.63, 3.8) is 0 Å². The van der Waals surface area contributed by atoms with Crippen LogP contribution in [0.3, 0.4) is 0 Å². The molecule has 0 unspecified atom stereocenters. The number of thioether (sulfide) groups is 1. The zero-order valence-corrected chi connectivity index (χ0v) is 26.9. The predicted molar refractivity (Wildman–Crippen MR) is 180 cm³/mol. The number of carbonyl (C=O) groups is 1. The van der Waals surface area contributed by atoms with Crippen molar-refractivity contribution in [2.75, 3.05) is 62.6 Å². The first-order valence-corrected chi connectivity index (χ1v) is 15.6. The van der Waals surface area contributed by atoms with Crippen LogP contribution in [-0.2, 0) is 24.0 Å². The van der Waals surface area contributed by atoms with Crippen molar-refractivity contribution in [1.29, 1.82) is 0 Å². The third kappa shape index (κ3) is 6.81. The molecule has 1 aliphatic heterocycles. The molecule has 2 aromatic heterocycles. The number of carbonyl (C=O) groups excluding carboxylic acids is 1. The van der Waals surface area contributed by atoms with Crippen molar-refractivity contribution >= 4 is 51.6 Å². The Labute approximate surface area is 258 Å². The Morgan fingerprint density at radius 3 is 2.65 bits per heavy atom. The number of rotatable bonds is 10. The molecular formula is C33H41N7O2S. The van der Waals surface area contributed by atoms with Crippen molar-refractivity contribution in [3.05, 3.63) is 65.5 Å². The third-order valence-electron chi connectivity index (χ3n) is 7.51. The second kappa shape index (κ2) is 13.1. The van der Waals surface area contributed by atoms with Gasteiger partial charge in [-0.3, -0.25) is 4.79 Å². The van der Waals surface area contributed by atoms with Crippen molar-refractivity contribution < 1.29 is 9.53 Å². The van der Waals surface area contributed by atoms with E-state index in [4.69, 9.17) is 14.7 Å². The van der Waals surface area contributed by atoms with Gasteiger partial charge >= 0.3 is 0 Å². The van der Waals surface area contributed by atoms with Gasteiger partial charge < -0.3 is 29.7 Å². The lowest BCUT2D eigenvalue weighted by molar-refractivity contribution is -0.111. The van der Waals surface area contributed by atoms with Crippen LogP contribution in [0.4, 0.5) is 23.0 Å². The van der Waals surface area contributed by atoms with Crippen LogP contribution in [0.2, 0.25) is 0 Å². The minimum atomic E-state index is -0.181. The number of ether oxygens (including phenoxy) is 1. The van der Waals surface area contributed by atoms with E-state index < -0.39 is 0 Å². The van der Waals surface area contributed by atoms with Gasteiger partial charge in [0, 0.05) is 73.3 Å². The van der Waals surface area contributed by atoms with E-state index in [0.29, 0.717) is 23.1 Å². The van der Waals surface area contributed by atoms with Crippen LogP contribution in [0.25, 0.3) is 22.2 Å². The van der Waals surface area contributed by atoms with Crippen LogP contribution in [0.15, 0.2) is 54.2 Å². The molecule has 5 rings (SSSR count). The van der Waals surface area contributed by atoms with Gasteiger partial charge in [0.15, 0.2) is 0 Å². The van der Waals surface area contributed by atoms with Gasteiger partial charge in [-0.1, -0.05) is 23.8 Å². The molecule has 0 spiro atoms. The molecule has 9 nitrogen and oxygen atoms in total. The lowest BCUT2D eigenvalue weighted by Crippen LogP contribution is -2.29. The van der Waals surface area contributed by atoms with Crippen LogP contribution in [0.1, 0.15) is 25.1 Å². The number of para-hydroxylation sites is 1. The average molecular weight is 600 g/mol. The second-order valence-electron chi connectivity index (χ2n) is 11.4. The number of aromatic nitrogens is 3. The number of aryl methyl sites for hydroxylation is 2. The minimum absolute atomic E-state index is 0.181. The van der Waals surface area contributed by atoms with Crippen LogP contribution in [0, 0.1) is 0 Å². The normalized spacial score (nSPS) is 12.7. The van der Waals surface area contributed by atoms with E-state index in [1.54, 1.807) is 13.2 Å². The Balaban J connectivity index is 1.59. The van der Waals surface area contributed by atoms with Crippen molar-refractivity contribution in [2.45, 2.75) is 26.0 Å². The fourth-order valence-corrected chi connectivity index (χ4v) is 6.30. The standard InChI is InChI=1S/C33H41N7O2S/c1-21(2)16-31(41)34-26-17-27(30(42-7)18-29(26)39(5)14-13-38(3)4)36-33-35-25-12-15-43-20-24(25)32(37-33)23-19-40(6)28-11-9-8-10-22(23)28/h8-11,16-19H,12-15,20H2,1-7H3,(H,34,41)(H,35,36,37). The smallest absolute Gasteiger partial charge is 0.248 e. The third-order valence-corrected chi connectivity index (χ3v) is 8.50. The van der Waals surface area contributed by atoms with E-state index in [1.807, 2.05) is 58.9 Å². The number of amides is 1. The molecule has 0 saturated carbocycles. The van der Waals surface area contributed by atoms with E-state index in [2.05, 4.69) is 62.5 Å². The Bertz CT molecular complexity index is 1670. The molecule has 2 N–H and O–H groups in total. The first-order valence-electron chi connectivity index (χ1n) is 14.5. The maximum atomic E-state index is 12.9. The summed E-state index contributed by atoms with van der Waals surface area (Å²) in [6.45, 7) is 5.45. The van der Waals surface area contributed by atoms with Gasteiger partial charge in [-0.15, -0.1) is 0 Å². The highest BCUT2D eigenvalue weighted by molar-refractivity contribution is 7.98. The molecule has 10 heteroatoms. The molecule has 3 heterocycles. The Hall–Kier alpha value is -4.02. The molecule has 2 aromatic carbocycles. The fraction of sp³-hybridized carbons (Fsp3) is 0.364. The molecule has 0 saturated heterocycles. The zero-order chi connectivity index (χ0) is 30.7. The number of nitrogens with zero attached hydrogens (tertiary/aromatic N) is 5. The quantitative estimate of drug-likeness (QED) is 0.212. The number of hydrogen-bond acceptors (Lipinski definition) is 8. The highest BCUT2D eigenvalue weighted by Crippen LogP contribution is 2.40. The Kier molecular flexibility index (Phi) is 9.27. The van der Waals surface area contributed by atoms with Crippen LogP contribution in [0.5, 0.6) is 5.75 Å². The highest BCUT2D eigenvalue weighted by Gasteiger charge is 2.23. The zero-order valence-electron chi connectivity index (χ0n) is 26.1. The predicted octanol–water partition coefficient (Wildman–Crippen LogP) is 6.08. The van der Waals surface area contributed by atoms with Gasteiger partial charge in [0.2, 0.25) is 11.9 Å². The summed E-state index contributed by atoms with van der Waals surface area (Å²) in [4.78, 5) is 27.2. The van der Waals surface area contributed by atoms with Crippen LogP contribution in [-0.4, -0.2) is 72.4 Å². The largest absolute Gasteiger partial charge is 0.494 e. The average Bonchev–Trinajstić information content (AvgIpc) is 3.31. The SMILES string of the molecule is COc1cc(N(C)CCN(C)C)c(NC(=O)C=C(C)C)cc1Nc1nc2c(c(-c3cn(C)c4ccccc34)n1)CSCC2. The van der Waals surface area contributed by atoms with Crippen LogP contribution >= 0.6 is 11.8 Å². The van der Waals surface area contributed by atoms with Crippen molar-refractivity contribution in [2.24, 2.45) is 7.05 Å². The second-order valence-corrected chi connectivity index (χ2v) is 12.5. The number of fused-ring (bicyclic) bond motifs is 2. The van der Waals surface area contributed by atoms with Gasteiger partial charge in [-0.05, 0) is 52.2 Å². The minimum Gasteiger partial charge on any atom is -0.494 e. The molecule has 0 bridgehead atoms. The summed E-state index contributed by atoms with van der Waals surface area (Å²) in [6.07, 6.45) is 4.64. The number of benzene rings is 2. The first-order chi connectivity index (χ1) is 20.6. The summed E-state index contributed by atoms with van der Waals surface area (Å²) in [6, 6.07) is 12.3. The summed E-state index contributed by atoms with van der Waals surface area (Å²) >= 11 is 1.92. The lowest BCUT2D eigenvalue weighted by Gasteiger charge is -2.26. The molecule has 1 amide bonds. The molecule has 226 valence electrons. The summed E-state index contributed by atoms with van der Waals surface area (Å²) < 4.78 is 8.01. The highest BCUT2D eigenvalue weighted by atomic mass is 32.2. The maximum absolute atomic E-state index is 12.9. The van der Waals surface area contributed by atoms with Gasteiger partial charge in [0.1, 0.15) is 5.75 Å². The van der Waals surface area contributed by atoms with Gasteiger partial charge in [-0.25, -0.2) is 9.97 Å². The first kappa shape index (κ1) is 30.4. The van der Waals surface area contributed by atoms with Crippen LogP contribution < -0.4 is 20.3 Å². The van der Waals surface area contributed by atoms with Crippen molar-refractivity contribution in [1.82, 2.24) is 19.4 Å². The summed E-state index contributed by atoms with van der Waals surface area (Å²) in [5.74, 6) is 2.86. The molecule has 1 aliphatic rings. The number of likely N-dealkylation sites (N-methyl/N-ethyl adjacent to an activating group) is 2.